The van der Waals surface area contributed by atoms with Crippen molar-refractivity contribution in [3.05, 3.63) is 100 Å². The molecule has 1 N–H and O–H groups in total. The minimum atomic E-state index is -4.53. The van der Waals surface area contributed by atoms with E-state index < -0.39 is 17.8 Å². The topological polar surface area (TPSA) is 24.5 Å². The molecule has 4 rings (SSSR count). The molecule has 1 aliphatic rings. The van der Waals surface area contributed by atoms with Crippen LogP contribution in [0.25, 0.3) is 0 Å². The van der Waals surface area contributed by atoms with Gasteiger partial charge < -0.3 is 10.1 Å². The van der Waals surface area contributed by atoms with Crippen LogP contribution >= 0.6 is 11.6 Å². The number of ether oxygens (including phenoxy) is 1. The van der Waals surface area contributed by atoms with Gasteiger partial charge in [-0.15, -0.1) is 0 Å². The van der Waals surface area contributed by atoms with Crippen LogP contribution < -0.4 is 10.1 Å². The highest BCUT2D eigenvalue weighted by Gasteiger charge is 2.35. The van der Waals surface area contributed by atoms with E-state index in [0.29, 0.717) is 24.5 Å². The highest BCUT2D eigenvalue weighted by molar-refractivity contribution is 6.31. The molecule has 1 aliphatic heterocycles. The summed E-state index contributed by atoms with van der Waals surface area (Å²) in [5.74, 6) is 0.659. The molecule has 3 aromatic carbocycles. The largest absolute Gasteiger partial charge is 0.489 e. The molecule has 7 heteroatoms. The molecule has 0 saturated carbocycles. The quantitative estimate of drug-likeness (QED) is 0.452. The second kappa shape index (κ2) is 10.6. The smallest absolute Gasteiger partial charge is 0.417 e. The van der Waals surface area contributed by atoms with Gasteiger partial charge in [0.05, 0.1) is 16.6 Å². The van der Waals surface area contributed by atoms with Crippen molar-refractivity contribution in [1.29, 1.82) is 0 Å². The van der Waals surface area contributed by atoms with Crippen molar-refractivity contribution in [2.24, 2.45) is 0 Å². The monoisotopic (exact) mass is 474 g/mol. The number of para-hydroxylation sites is 1. The summed E-state index contributed by atoms with van der Waals surface area (Å²) in [6.45, 7) is 3.49. The first-order valence-corrected chi connectivity index (χ1v) is 11.4. The first-order chi connectivity index (χ1) is 15.9. The average Bonchev–Trinajstić information content (AvgIpc) is 3.09. The summed E-state index contributed by atoms with van der Waals surface area (Å²) in [6.07, 6.45) is -3.62. The van der Waals surface area contributed by atoms with Crippen molar-refractivity contribution >= 4 is 11.6 Å². The molecular weight excluding hydrogens is 449 g/mol. The van der Waals surface area contributed by atoms with E-state index >= 15 is 0 Å². The molecule has 0 amide bonds. The molecule has 0 aromatic heterocycles. The number of rotatable bonds is 6. The molecule has 3 nitrogen and oxygen atoms in total. The molecule has 1 heterocycles. The van der Waals surface area contributed by atoms with Crippen molar-refractivity contribution < 1.29 is 17.9 Å². The maximum absolute atomic E-state index is 13.7. The van der Waals surface area contributed by atoms with Gasteiger partial charge in [-0.2, -0.15) is 13.2 Å². The Morgan fingerprint density at radius 2 is 1.70 bits per heavy atom. The van der Waals surface area contributed by atoms with Crippen LogP contribution in [0.5, 0.6) is 5.75 Å². The number of alkyl halides is 3. The average molecular weight is 475 g/mol. The maximum atomic E-state index is 13.7. The third-order valence-electron chi connectivity index (χ3n) is 5.80. The first kappa shape index (κ1) is 23.6. The third-order valence-corrected chi connectivity index (χ3v) is 6.13. The zero-order valence-corrected chi connectivity index (χ0v) is 18.9. The Morgan fingerprint density at radius 3 is 2.48 bits per heavy atom. The van der Waals surface area contributed by atoms with Crippen LogP contribution in [0.4, 0.5) is 13.2 Å². The minimum Gasteiger partial charge on any atom is -0.489 e. The molecule has 0 bridgehead atoms. The van der Waals surface area contributed by atoms with Gasteiger partial charge >= 0.3 is 6.18 Å². The van der Waals surface area contributed by atoms with Gasteiger partial charge in [-0.1, -0.05) is 66.2 Å². The lowest BCUT2D eigenvalue weighted by Crippen LogP contribution is -2.33. The summed E-state index contributed by atoms with van der Waals surface area (Å²) in [4.78, 5) is 2.22. The summed E-state index contributed by atoms with van der Waals surface area (Å²) in [6, 6.07) is 21.2. The van der Waals surface area contributed by atoms with Crippen LogP contribution in [0.3, 0.4) is 0 Å². The number of benzene rings is 3. The fourth-order valence-corrected chi connectivity index (χ4v) is 4.44. The van der Waals surface area contributed by atoms with E-state index in [1.165, 1.54) is 12.1 Å². The lowest BCUT2D eigenvalue weighted by atomic mass is 9.94. The molecule has 0 spiro atoms. The molecular formula is C26H26ClF3N2O. The van der Waals surface area contributed by atoms with E-state index in [2.05, 4.69) is 10.2 Å². The van der Waals surface area contributed by atoms with E-state index in [1.54, 1.807) is 6.07 Å². The highest BCUT2D eigenvalue weighted by atomic mass is 35.5. The SMILES string of the molecule is FC(F)(F)c1cc(C(c2ccccc2OCc2ccccc2)N2CCCNCC2)ccc1Cl. The van der Waals surface area contributed by atoms with Crippen LogP contribution in [0.2, 0.25) is 5.02 Å². The van der Waals surface area contributed by atoms with E-state index in [9.17, 15) is 13.2 Å². The van der Waals surface area contributed by atoms with Gasteiger partial charge in [-0.05, 0) is 42.3 Å². The fourth-order valence-electron chi connectivity index (χ4n) is 4.22. The predicted molar refractivity (Wildman–Crippen MR) is 125 cm³/mol. The number of hydrogen-bond acceptors (Lipinski definition) is 3. The summed E-state index contributed by atoms with van der Waals surface area (Å²) < 4.78 is 47.1. The van der Waals surface area contributed by atoms with E-state index in [1.807, 2.05) is 54.6 Å². The molecule has 3 aromatic rings. The Morgan fingerprint density at radius 1 is 0.939 bits per heavy atom. The van der Waals surface area contributed by atoms with Gasteiger partial charge in [0, 0.05) is 25.2 Å². The van der Waals surface area contributed by atoms with Crippen molar-refractivity contribution in [1.82, 2.24) is 10.2 Å². The zero-order valence-electron chi connectivity index (χ0n) is 18.1. The molecule has 1 atom stereocenters. The fraction of sp³-hybridized carbons (Fsp3) is 0.308. The van der Waals surface area contributed by atoms with Crippen LogP contribution in [-0.4, -0.2) is 31.1 Å². The lowest BCUT2D eigenvalue weighted by molar-refractivity contribution is -0.137. The van der Waals surface area contributed by atoms with E-state index in [-0.39, 0.29) is 5.02 Å². The van der Waals surface area contributed by atoms with Crippen molar-refractivity contribution in [3.8, 4) is 5.75 Å². The molecule has 0 aliphatic carbocycles. The van der Waals surface area contributed by atoms with Gasteiger partial charge in [0.2, 0.25) is 0 Å². The number of halogens is 4. The van der Waals surface area contributed by atoms with Crippen LogP contribution in [-0.2, 0) is 12.8 Å². The van der Waals surface area contributed by atoms with Gasteiger partial charge in [-0.3, -0.25) is 4.90 Å². The number of nitrogens with one attached hydrogen (secondary N) is 1. The lowest BCUT2D eigenvalue weighted by Gasteiger charge is -2.33. The summed E-state index contributed by atoms with van der Waals surface area (Å²) >= 11 is 5.92. The Bertz CT molecular complexity index is 1050. The maximum Gasteiger partial charge on any atom is 0.417 e. The second-order valence-electron chi connectivity index (χ2n) is 8.09. The van der Waals surface area contributed by atoms with E-state index in [4.69, 9.17) is 16.3 Å². The second-order valence-corrected chi connectivity index (χ2v) is 8.50. The van der Waals surface area contributed by atoms with Crippen LogP contribution in [0.15, 0.2) is 72.8 Å². The molecule has 1 fully saturated rings. The zero-order chi connectivity index (χ0) is 23.3. The molecule has 33 heavy (non-hydrogen) atoms. The first-order valence-electron chi connectivity index (χ1n) is 11.0. The summed E-state index contributed by atoms with van der Waals surface area (Å²) in [5.41, 5.74) is 1.59. The Hall–Kier alpha value is -2.54. The predicted octanol–water partition coefficient (Wildman–Crippen LogP) is 6.32. The Labute approximate surface area is 197 Å². The highest BCUT2D eigenvalue weighted by Crippen LogP contribution is 2.40. The summed E-state index contributed by atoms with van der Waals surface area (Å²) in [5, 5.41) is 3.07. The van der Waals surface area contributed by atoms with Crippen molar-refractivity contribution in [2.45, 2.75) is 25.2 Å². The molecule has 1 unspecified atom stereocenters. The number of nitrogens with zero attached hydrogens (tertiary/aromatic N) is 1. The minimum absolute atomic E-state index is 0.295. The normalized spacial score (nSPS) is 16.2. The Balaban J connectivity index is 1.75. The van der Waals surface area contributed by atoms with E-state index in [0.717, 1.165) is 37.2 Å². The van der Waals surface area contributed by atoms with Gasteiger partial charge in [-0.25, -0.2) is 0 Å². The number of hydrogen-bond donors (Lipinski definition) is 1. The van der Waals surface area contributed by atoms with Crippen molar-refractivity contribution in [3.63, 3.8) is 0 Å². The van der Waals surface area contributed by atoms with Crippen LogP contribution in [0, 0.1) is 0 Å². The van der Waals surface area contributed by atoms with Crippen molar-refractivity contribution in [2.75, 3.05) is 26.2 Å². The van der Waals surface area contributed by atoms with Gasteiger partial charge in [0.25, 0.3) is 0 Å². The Kier molecular flexibility index (Phi) is 7.58. The third kappa shape index (κ3) is 5.88. The van der Waals surface area contributed by atoms with Gasteiger partial charge in [0.1, 0.15) is 12.4 Å². The standard InChI is InChI=1S/C26H26ClF3N2O/c27-23-12-11-20(17-22(23)26(28,29)30)25(32-15-6-13-31-14-16-32)21-9-4-5-10-24(21)33-18-19-7-2-1-3-8-19/h1-5,7-12,17,25,31H,6,13-16,18H2. The molecule has 174 valence electrons. The summed E-state index contributed by atoms with van der Waals surface area (Å²) in [7, 11) is 0. The molecule has 1 saturated heterocycles. The van der Waals surface area contributed by atoms with Crippen LogP contribution in [0.1, 0.15) is 34.7 Å². The van der Waals surface area contributed by atoms with Gasteiger partial charge in [0.15, 0.2) is 0 Å². The molecule has 0 radical (unpaired) electrons.